The molecule has 0 radical (unpaired) electrons. The van der Waals surface area contributed by atoms with Gasteiger partial charge in [-0.05, 0) is 24.6 Å². The molecule has 3 heterocycles. The largest absolute Gasteiger partial charge is 0.464 e. The topological polar surface area (TPSA) is 274 Å². The summed E-state index contributed by atoms with van der Waals surface area (Å²) in [4.78, 5) is 61.4. The molecule has 3 rings (SSSR count). The summed E-state index contributed by atoms with van der Waals surface area (Å²) in [6, 6.07) is 3.18. The first kappa shape index (κ1) is 32.2. The van der Waals surface area contributed by atoms with Crippen LogP contribution in [-0.4, -0.2) is 86.2 Å². The van der Waals surface area contributed by atoms with Gasteiger partial charge in [0.15, 0.2) is 18.4 Å². The minimum Gasteiger partial charge on any atom is -0.464 e. The predicted octanol–water partition coefficient (Wildman–Crippen LogP) is 0.339. The Morgan fingerprint density at radius 2 is 1.43 bits per heavy atom. The van der Waals surface area contributed by atoms with E-state index in [4.69, 9.17) is 1.37 Å². The summed E-state index contributed by atoms with van der Waals surface area (Å²) >= 11 is 0. The van der Waals surface area contributed by atoms with Crippen molar-refractivity contribution in [2.75, 3.05) is 28.5 Å². The summed E-state index contributed by atoms with van der Waals surface area (Å²) in [5, 5.41) is 42.1. The third-order valence-corrected chi connectivity index (χ3v) is 4.10. The Bertz CT molecular complexity index is 1390. The lowest BCUT2D eigenvalue weighted by atomic mass is 10.4. The maximum Gasteiger partial charge on any atom is 0.407 e. The molecule has 22 heteroatoms. The van der Waals surface area contributed by atoms with E-state index in [-0.39, 0.29) is 34.5 Å². The van der Waals surface area contributed by atoms with Crippen LogP contribution in [0.4, 0.5) is 21.8 Å². The third kappa shape index (κ3) is 9.56. The first-order valence-corrected chi connectivity index (χ1v) is 9.90. The van der Waals surface area contributed by atoms with E-state index >= 15 is 0 Å². The van der Waals surface area contributed by atoms with Crippen LogP contribution >= 0.6 is 0 Å². The highest BCUT2D eigenvalue weighted by molar-refractivity contribution is 5.88. The van der Waals surface area contributed by atoms with Crippen LogP contribution in [0, 0.1) is 30.3 Å². The second-order valence-electron chi connectivity index (χ2n) is 6.48. The number of H-pyrrole nitrogens is 2. The molecule has 0 saturated heterocycles. The maximum atomic E-state index is 11.0. The Balaban J connectivity index is 0.000000558. The van der Waals surface area contributed by atoms with Gasteiger partial charge < -0.3 is 44.6 Å². The molecule has 218 valence electrons. The standard InChI is InChI=1S/2C6H7N3O4.C5H5N3O4.CH3F/c1-8-4(6(10)13-2)3-5(7-8)9(11)12;1-8-5(9(11)12)3-4(7-8)6(10)13-2;1-12-5(9)3-2-4(7-6-3)8(10)11;1-2/h2*3H,1-2H3;2H,1H3,(H,6,7);1H3/p+1/i;;;1D. The highest BCUT2D eigenvalue weighted by atomic mass is 19.1. The molecular weight excluding hydrogens is 553 g/mol. The number of carbonyl (C=O) groups excluding carboxylic acids is 3. The van der Waals surface area contributed by atoms with E-state index in [1.165, 1.54) is 40.1 Å². The lowest BCUT2D eigenvalue weighted by Crippen LogP contribution is -2.36. The molecule has 21 nitrogen and oxygen atoms in total. The van der Waals surface area contributed by atoms with Crippen LogP contribution in [0.2, 0.25) is 0 Å². The van der Waals surface area contributed by atoms with Gasteiger partial charge in [-0.1, -0.05) is 10.2 Å². The fourth-order valence-electron chi connectivity index (χ4n) is 2.33. The molecule has 0 aliphatic heterocycles. The molecule has 40 heavy (non-hydrogen) atoms. The van der Waals surface area contributed by atoms with Crippen LogP contribution in [0.1, 0.15) is 32.8 Å². The van der Waals surface area contributed by atoms with Crippen LogP contribution in [0.5, 0.6) is 0 Å². The fourth-order valence-corrected chi connectivity index (χ4v) is 2.33. The van der Waals surface area contributed by atoms with Gasteiger partial charge in [-0.25, -0.2) is 14.4 Å². The van der Waals surface area contributed by atoms with Crippen molar-refractivity contribution in [3.05, 3.63) is 65.6 Å². The molecule has 0 aromatic carbocycles. The summed E-state index contributed by atoms with van der Waals surface area (Å²) in [7, 11) is 5.43. The lowest BCUT2D eigenvalue weighted by molar-refractivity contribution is -0.731. The van der Waals surface area contributed by atoms with Crippen molar-refractivity contribution in [2.24, 2.45) is 14.1 Å². The van der Waals surface area contributed by atoms with Crippen molar-refractivity contribution < 1.29 is 53.8 Å². The number of hydrogen-bond acceptors (Lipinski definition) is 14. The van der Waals surface area contributed by atoms with Gasteiger partial charge in [0, 0.05) is 0 Å². The highest BCUT2D eigenvalue weighted by Gasteiger charge is 2.27. The van der Waals surface area contributed by atoms with E-state index < -0.39 is 39.8 Å². The Morgan fingerprint density at radius 3 is 1.80 bits per heavy atom. The molecule has 3 aromatic rings. The minimum atomic E-state index is -1.00. The number of halogens is 1. The molecular formula is C18H23FN9O12+. The molecule has 0 aliphatic carbocycles. The summed E-state index contributed by atoms with van der Waals surface area (Å²) in [5.41, 5.74) is -0.0740. The fraction of sp³-hybridized carbons (Fsp3) is 0.333. The lowest BCUT2D eigenvalue weighted by Gasteiger charge is -1.89. The number of alkyl halides is 1. The number of esters is 3. The molecule has 0 bridgehead atoms. The number of nitrogens with one attached hydrogen (secondary N) is 2. The molecule has 0 atom stereocenters. The molecule has 0 amide bonds. The first-order valence-electron chi connectivity index (χ1n) is 10.6. The second-order valence-corrected chi connectivity index (χ2v) is 6.48. The molecule has 0 aliphatic rings. The zero-order chi connectivity index (χ0) is 31.9. The zero-order valence-electron chi connectivity index (χ0n) is 22.3. The predicted molar refractivity (Wildman–Crippen MR) is 125 cm³/mol. The quantitative estimate of drug-likeness (QED) is 0.131. The van der Waals surface area contributed by atoms with Crippen LogP contribution in [0.25, 0.3) is 0 Å². The average molecular weight is 577 g/mol. The first-order chi connectivity index (χ1) is 19.2. The Kier molecular flexibility index (Phi) is 13.0. The number of nitrogens with zero attached hydrogens (tertiary/aromatic N) is 7. The number of nitro groups is 3. The summed E-state index contributed by atoms with van der Waals surface area (Å²) < 4.78 is 30.8. The van der Waals surface area contributed by atoms with Crippen molar-refractivity contribution in [3.8, 4) is 0 Å². The smallest absolute Gasteiger partial charge is 0.407 e. The number of aromatic amines is 2. The molecule has 2 N–H and O–H groups in total. The summed E-state index contributed by atoms with van der Waals surface area (Å²) in [5.74, 6) is -2.85. The van der Waals surface area contributed by atoms with Crippen molar-refractivity contribution in [2.45, 2.75) is 0 Å². The molecule has 0 spiro atoms. The van der Waals surface area contributed by atoms with Gasteiger partial charge in [0.1, 0.15) is 13.1 Å². The monoisotopic (exact) mass is 577 g/mol. The number of aryl methyl sites for hydroxylation is 2. The number of carbonyl (C=O) groups is 3. The molecule has 0 unspecified atom stereocenters. The van der Waals surface area contributed by atoms with Gasteiger partial charge in [0.05, 0.1) is 42.0 Å². The summed E-state index contributed by atoms with van der Waals surface area (Å²) in [6.45, 7) is 0. The van der Waals surface area contributed by atoms with Gasteiger partial charge in [-0.15, -0.1) is 9.78 Å². The van der Waals surface area contributed by atoms with E-state index in [0.717, 1.165) is 22.9 Å². The molecule has 3 aromatic heterocycles. The van der Waals surface area contributed by atoms with Crippen molar-refractivity contribution in [3.63, 3.8) is 0 Å². The van der Waals surface area contributed by atoms with Crippen molar-refractivity contribution in [1.29, 1.82) is 0 Å². The van der Waals surface area contributed by atoms with E-state index in [1.54, 1.807) is 0 Å². The SMILES string of the molecule is COC(=O)c1cc([N+](=O)[O-])[nH][n+]1C.COC(=O)c1cc([N+](=O)[O-])[nH]n1.COC(=O)c1cc([N+](=O)[O-])n(C)n1.[2H]CF. The number of rotatable bonds is 6. The Hall–Kier alpha value is -5.83. The van der Waals surface area contributed by atoms with Gasteiger partial charge in [-0.2, -0.15) is 0 Å². The van der Waals surface area contributed by atoms with Gasteiger partial charge in [0.25, 0.3) is 0 Å². The van der Waals surface area contributed by atoms with E-state index in [2.05, 4.69) is 34.6 Å². The number of aromatic nitrogens is 6. The van der Waals surface area contributed by atoms with Crippen molar-refractivity contribution >= 4 is 35.4 Å². The van der Waals surface area contributed by atoms with Crippen LogP contribution in [0.3, 0.4) is 0 Å². The van der Waals surface area contributed by atoms with E-state index in [1.807, 2.05) is 0 Å². The highest BCUT2D eigenvalue weighted by Crippen LogP contribution is 2.12. The Morgan fingerprint density at radius 1 is 0.925 bits per heavy atom. The normalized spacial score (nSPS) is 9.60. The number of hydrogen-bond donors (Lipinski definition) is 2. The maximum absolute atomic E-state index is 11.0. The number of methoxy groups -OCH3 is 3. The van der Waals surface area contributed by atoms with E-state index in [9.17, 15) is 49.1 Å². The van der Waals surface area contributed by atoms with E-state index in [0.29, 0.717) is 0 Å². The Labute approximate surface area is 223 Å². The average Bonchev–Trinajstić information content (AvgIpc) is 3.67. The van der Waals surface area contributed by atoms with Crippen LogP contribution < -0.4 is 4.68 Å². The summed E-state index contributed by atoms with van der Waals surface area (Å²) in [6.07, 6.45) is 0. The molecule has 0 fully saturated rings. The van der Waals surface area contributed by atoms with Crippen LogP contribution in [0.15, 0.2) is 18.2 Å². The van der Waals surface area contributed by atoms with Crippen LogP contribution in [-0.2, 0) is 28.3 Å². The third-order valence-electron chi connectivity index (χ3n) is 4.10. The number of ether oxygens (including phenoxy) is 3. The second kappa shape index (κ2) is 16.1. The minimum absolute atomic E-state index is 0.0725. The van der Waals surface area contributed by atoms with Gasteiger partial charge in [0.2, 0.25) is 0 Å². The van der Waals surface area contributed by atoms with Crippen molar-refractivity contribution in [1.82, 2.24) is 25.1 Å². The van der Waals surface area contributed by atoms with Gasteiger partial charge >= 0.3 is 41.1 Å². The molecule has 0 saturated carbocycles. The van der Waals surface area contributed by atoms with Gasteiger partial charge in [-0.3, -0.25) is 4.39 Å². The zero-order valence-corrected chi connectivity index (χ0v) is 21.3.